The lowest BCUT2D eigenvalue weighted by Gasteiger charge is -2.31. The average Bonchev–Trinajstić information content (AvgIpc) is 2.45. The normalized spacial score (nSPS) is 16.1. The van der Waals surface area contributed by atoms with Crippen LogP contribution in [0.2, 0.25) is 5.02 Å². The number of nitrogens with zero attached hydrogens (tertiary/aromatic N) is 1. The van der Waals surface area contributed by atoms with Crippen molar-refractivity contribution in [2.45, 2.75) is 44.7 Å². The summed E-state index contributed by atoms with van der Waals surface area (Å²) in [4.78, 5) is 13.9. The standard InChI is InChI=1S/C15H21ClN2O/c1-18(14-8-3-2-4-9-14)15(19)17-11-12-6-5-7-13(16)10-12/h5-7,10,14H,2-4,8-9,11H2,1H3,(H,17,19). The lowest BCUT2D eigenvalue weighted by molar-refractivity contribution is 0.173. The van der Waals surface area contributed by atoms with Crippen LogP contribution in [0.5, 0.6) is 0 Å². The monoisotopic (exact) mass is 280 g/mol. The molecule has 104 valence electrons. The van der Waals surface area contributed by atoms with Gasteiger partial charge >= 0.3 is 6.03 Å². The van der Waals surface area contributed by atoms with Gasteiger partial charge in [-0.3, -0.25) is 0 Å². The molecule has 1 aromatic carbocycles. The van der Waals surface area contributed by atoms with Crippen LogP contribution in [0.4, 0.5) is 4.79 Å². The molecule has 0 radical (unpaired) electrons. The zero-order valence-corrected chi connectivity index (χ0v) is 12.1. The van der Waals surface area contributed by atoms with Crippen molar-refractivity contribution < 1.29 is 4.79 Å². The van der Waals surface area contributed by atoms with Gasteiger partial charge in [0.05, 0.1) is 0 Å². The van der Waals surface area contributed by atoms with Crippen molar-refractivity contribution in [2.24, 2.45) is 0 Å². The molecule has 0 heterocycles. The summed E-state index contributed by atoms with van der Waals surface area (Å²) in [6.07, 6.45) is 6.02. The molecular formula is C15H21ClN2O. The van der Waals surface area contributed by atoms with Gasteiger partial charge in [0.2, 0.25) is 0 Å². The van der Waals surface area contributed by atoms with Crippen LogP contribution in [0.1, 0.15) is 37.7 Å². The molecule has 0 aromatic heterocycles. The van der Waals surface area contributed by atoms with E-state index in [-0.39, 0.29) is 6.03 Å². The van der Waals surface area contributed by atoms with Crippen LogP contribution in [0.15, 0.2) is 24.3 Å². The van der Waals surface area contributed by atoms with Gasteiger partial charge < -0.3 is 10.2 Å². The van der Waals surface area contributed by atoms with E-state index in [0.29, 0.717) is 17.6 Å². The quantitative estimate of drug-likeness (QED) is 0.897. The molecule has 2 amide bonds. The number of amides is 2. The predicted molar refractivity (Wildman–Crippen MR) is 78.3 cm³/mol. The van der Waals surface area contributed by atoms with Crippen molar-refractivity contribution in [3.8, 4) is 0 Å². The molecule has 0 unspecified atom stereocenters. The van der Waals surface area contributed by atoms with E-state index in [1.807, 2.05) is 36.2 Å². The first kappa shape index (κ1) is 14.2. The SMILES string of the molecule is CN(C(=O)NCc1cccc(Cl)c1)C1CCCCC1. The fourth-order valence-electron chi connectivity index (χ4n) is 2.58. The Labute approximate surface area is 119 Å². The second-order valence-corrected chi connectivity index (χ2v) is 5.63. The van der Waals surface area contributed by atoms with Crippen LogP contribution in [-0.4, -0.2) is 24.0 Å². The molecule has 0 spiro atoms. The van der Waals surface area contributed by atoms with Crippen molar-refractivity contribution in [3.63, 3.8) is 0 Å². The minimum Gasteiger partial charge on any atom is -0.334 e. The molecule has 0 atom stereocenters. The Balaban J connectivity index is 1.83. The van der Waals surface area contributed by atoms with E-state index in [9.17, 15) is 4.79 Å². The zero-order chi connectivity index (χ0) is 13.7. The fraction of sp³-hybridized carbons (Fsp3) is 0.533. The lowest BCUT2D eigenvalue weighted by Crippen LogP contribution is -2.44. The Hall–Kier alpha value is -1.22. The Morgan fingerprint density at radius 3 is 2.79 bits per heavy atom. The molecule has 0 saturated heterocycles. The fourth-order valence-corrected chi connectivity index (χ4v) is 2.80. The summed E-state index contributed by atoms with van der Waals surface area (Å²) in [5.74, 6) is 0. The summed E-state index contributed by atoms with van der Waals surface area (Å²) < 4.78 is 0. The molecule has 0 bridgehead atoms. The maximum Gasteiger partial charge on any atom is 0.317 e. The second kappa shape index (κ2) is 6.80. The zero-order valence-electron chi connectivity index (χ0n) is 11.4. The van der Waals surface area contributed by atoms with E-state index >= 15 is 0 Å². The third-order valence-electron chi connectivity index (χ3n) is 3.78. The number of nitrogens with one attached hydrogen (secondary N) is 1. The summed E-state index contributed by atoms with van der Waals surface area (Å²) in [7, 11) is 1.89. The summed E-state index contributed by atoms with van der Waals surface area (Å²) in [5, 5.41) is 3.65. The van der Waals surface area contributed by atoms with Gasteiger partial charge in [-0.15, -0.1) is 0 Å². The highest BCUT2D eigenvalue weighted by Crippen LogP contribution is 2.21. The highest BCUT2D eigenvalue weighted by atomic mass is 35.5. The van der Waals surface area contributed by atoms with Gasteiger partial charge in [0.1, 0.15) is 0 Å². The van der Waals surface area contributed by atoms with E-state index in [4.69, 9.17) is 11.6 Å². The van der Waals surface area contributed by atoms with Crippen LogP contribution in [-0.2, 0) is 6.54 Å². The highest BCUT2D eigenvalue weighted by molar-refractivity contribution is 6.30. The molecular weight excluding hydrogens is 260 g/mol. The van der Waals surface area contributed by atoms with Crippen LogP contribution >= 0.6 is 11.6 Å². The molecule has 0 aliphatic heterocycles. The minimum absolute atomic E-state index is 0.00637. The summed E-state index contributed by atoms with van der Waals surface area (Å²) >= 11 is 5.92. The Kier molecular flexibility index (Phi) is 5.08. The van der Waals surface area contributed by atoms with E-state index in [2.05, 4.69) is 5.32 Å². The molecule has 3 nitrogen and oxygen atoms in total. The van der Waals surface area contributed by atoms with E-state index in [1.165, 1.54) is 19.3 Å². The van der Waals surface area contributed by atoms with Gasteiger partial charge in [-0.2, -0.15) is 0 Å². The minimum atomic E-state index is 0.00637. The second-order valence-electron chi connectivity index (χ2n) is 5.19. The lowest BCUT2D eigenvalue weighted by atomic mass is 9.95. The van der Waals surface area contributed by atoms with Gasteiger partial charge in [-0.25, -0.2) is 4.79 Å². The Morgan fingerprint density at radius 1 is 1.37 bits per heavy atom. The molecule has 1 aliphatic carbocycles. The average molecular weight is 281 g/mol. The summed E-state index contributed by atoms with van der Waals surface area (Å²) in [6, 6.07) is 7.98. The molecule has 4 heteroatoms. The number of carbonyl (C=O) groups is 1. The van der Waals surface area contributed by atoms with Gasteiger partial charge in [-0.05, 0) is 30.5 Å². The van der Waals surface area contributed by atoms with E-state index in [1.54, 1.807) is 0 Å². The Morgan fingerprint density at radius 2 is 2.11 bits per heavy atom. The van der Waals surface area contributed by atoms with Crippen LogP contribution in [0, 0.1) is 0 Å². The van der Waals surface area contributed by atoms with Gasteiger partial charge in [0.15, 0.2) is 0 Å². The first-order valence-electron chi connectivity index (χ1n) is 6.92. The summed E-state index contributed by atoms with van der Waals surface area (Å²) in [5.41, 5.74) is 1.03. The number of halogens is 1. The Bertz CT molecular complexity index is 430. The van der Waals surface area contributed by atoms with E-state index < -0.39 is 0 Å². The maximum absolute atomic E-state index is 12.1. The van der Waals surface area contributed by atoms with Crippen molar-refractivity contribution >= 4 is 17.6 Å². The first-order chi connectivity index (χ1) is 9.16. The third kappa shape index (κ3) is 4.13. The summed E-state index contributed by atoms with van der Waals surface area (Å²) in [6.45, 7) is 0.524. The van der Waals surface area contributed by atoms with E-state index in [0.717, 1.165) is 18.4 Å². The first-order valence-corrected chi connectivity index (χ1v) is 7.30. The van der Waals surface area contributed by atoms with Crippen LogP contribution in [0.25, 0.3) is 0 Å². The maximum atomic E-state index is 12.1. The highest BCUT2D eigenvalue weighted by Gasteiger charge is 2.21. The van der Waals surface area contributed by atoms with Gasteiger partial charge in [0, 0.05) is 24.7 Å². The molecule has 1 aliphatic rings. The molecule has 1 aromatic rings. The number of hydrogen-bond donors (Lipinski definition) is 1. The van der Waals surface area contributed by atoms with Crippen molar-refractivity contribution in [1.82, 2.24) is 10.2 Å². The van der Waals surface area contributed by atoms with Crippen molar-refractivity contribution in [1.29, 1.82) is 0 Å². The molecule has 19 heavy (non-hydrogen) atoms. The molecule has 2 rings (SSSR count). The number of rotatable bonds is 3. The topological polar surface area (TPSA) is 32.3 Å². The largest absolute Gasteiger partial charge is 0.334 e. The predicted octanol–water partition coefficient (Wildman–Crippen LogP) is 3.81. The van der Waals surface area contributed by atoms with Gasteiger partial charge in [-0.1, -0.05) is 43.0 Å². The smallest absolute Gasteiger partial charge is 0.317 e. The molecule has 1 saturated carbocycles. The van der Waals surface area contributed by atoms with Gasteiger partial charge in [0.25, 0.3) is 0 Å². The number of benzene rings is 1. The number of carbonyl (C=O) groups excluding carboxylic acids is 1. The number of urea groups is 1. The van der Waals surface area contributed by atoms with Crippen molar-refractivity contribution in [3.05, 3.63) is 34.9 Å². The molecule has 1 N–H and O–H groups in total. The third-order valence-corrected chi connectivity index (χ3v) is 4.01. The molecule has 1 fully saturated rings. The van der Waals surface area contributed by atoms with Crippen LogP contribution < -0.4 is 5.32 Å². The van der Waals surface area contributed by atoms with Crippen molar-refractivity contribution in [2.75, 3.05) is 7.05 Å². The van der Waals surface area contributed by atoms with Crippen LogP contribution in [0.3, 0.4) is 0 Å². The number of hydrogen-bond acceptors (Lipinski definition) is 1.